The minimum atomic E-state index is 0.456. The van der Waals surface area contributed by atoms with Crippen LogP contribution in [-0.4, -0.2) is 42.6 Å². The molecule has 0 spiro atoms. The summed E-state index contributed by atoms with van der Waals surface area (Å²) in [4.78, 5) is 10.3. The molecule has 2 aliphatic rings. The Morgan fingerprint density at radius 2 is 1.94 bits per heavy atom. The van der Waals surface area contributed by atoms with Crippen LogP contribution in [0.2, 0.25) is 5.15 Å². The maximum Gasteiger partial charge on any atom is 0.187 e. The van der Waals surface area contributed by atoms with Crippen LogP contribution in [0.3, 0.4) is 0 Å². The van der Waals surface area contributed by atoms with Crippen molar-refractivity contribution >= 4 is 39.7 Å². The number of nitrogens with zero attached hydrogens (tertiary/aromatic N) is 3. The maximum absolute atomic E-state index is 6.05. The van der Waals surface area contributed by atoms with Gasteiger partial charge in [-0.25, -0.2) is 4.98 Å². The topological polar surface area (TPSA) is 19.4 Å². The first-order chi connectivity index (χ1) is 8.76. The van der Waals surface area contributed by atoms with Gasteiger partial charge in [0.15, 0.2) is 5.13 Å². The molecular formula is C12H17Cl2N3S. The fraction of sp³-hybridized carbons (Fsp3) is 0.750. The molecule has 2 fully saturated rings. The van der Waals surface area contributed by atoms with Crippen LogP contribution < -0.4 is 4.90 Å². The summed E-state index contributed by atoms with van der Waals surface area (Å²) < 4.78 is 0. The van der Waals surface area contributed by atoms with Gasteiger partial charge in [-0.1, -0.05) is 22.9 Å². The number of piperazine rings is 1. The fourth-order valence-corrected chi connectivity index (χ4v) is 3.85. The molecule has 0 radical (unpaired) electrons. The van der Waals surface area contributed by atoms with Crippen LogP contribution in [0.15, 0.2) is 0 Å². The van der Waals surface area contributed by atoms with E-state index in [9.17, 15) is 0 Å². The molecule has 1 aromatic rings. The molecule has 0 bridgehead atoms. The van der Waals surface area contributed by atoms with E-state index in [1.54, 1.807) is 11.3 Å². The van der Waals surface area contributed by atoms with Crippen LogP contribution in [0.4, 0.5) is 5.13 Å². The first-order valence-corrected chi connectivity index (χ1v) is 8.17. The number of anilines is 1. The molecular weight excluding hydrogens is 289 g/mol. The van der Waals surface area contributed by atoms with Crippen molar-refractivity contribution in [1.29, 1.82) is 0 Å². The predicted molar refractivity (Wildman–Crippen MR) is 78.1 cm³/mol. The molecule has 1 aliphatic heterocycles. The van der Waals surface area contributed by atoms with Crippen molar-refractivity contribution in [2.75, 3.05) is 37.6 Å². The Kier molecular flexibility index (Phi) is 3.99. The number of hydrogen-bond acceptors (Lipinski definition) is 4. The zero-order valence-electron chi connectivity index (χ0n) is 10.2. The molecule has 1 saturated heterocycles. The smallest absolute Gasteiger partial charge is 0.187 e. The molecule has 0 aromatic carbocycles. The van der Waals surface area contributed by atoms with Gasteiger partial charge in [-0.2, -0.15) is 0 Å². The number of thiazole rings is 1. The number of rotatable bonds is 4. The molecule has 100 valence electrons. The minimum absolute atomic E-state index is 0.456. The Bertz CT molecular complexity index is 411. The third-order valence-electron chi connectivity index (χ3n) is 3.62. The van der Waals surface area contributed by atoms with Crippen LogP contribution in [-0.2, 0) is 5.88 Å². The summed E-state index contributed by atoms with van der Waals surface area (Å²) >= 11 is 13.5. The molecule has 18 heavy (non-hydrogen) atoms. The molecule has 0 amide bonds. The SMILES string of the molecule is ClCc1sc(N2CCN(CC3CC3)CC2)nc1Cl. The van der Waals surface area contributed by atoms with Gasteiger partial charge >= 0.3 is 0 Å². The highest BCUT2D eigenvalue weighted by molar-refractivity contribution is 7.16. The Morgan fingerprint density at radius 1 is 1.22 bits per heavy atom. The molecule has 0 atom stereocenters. The Labute approximate surface area is 122 Å². The first kappa shape index (κ1) is 13.0. The lowest BCUT2D eigenvalue weighted by Gasteiger charge is -2.34. The third kappa shape index (κ3) is 2.93. The Hall–Kier alpha value is -0.0300. The summed E-state index contributed by atoms with van der Waals surface area (Å²) in [7, 11) is 0. The molecule has 3 rings (SSSR count). The van der Waals surface area contributed by atoms with Gasteiger partial charge in [-0.05, 0) is 18.8 Å². The lowest BCUT2D eigenvalue weighted by atomic mass is 10.3. The largest absolute Gasteiger partial charge is 0.345 e. The van der Waals surface area contributed by atoms with Gasteiger partial charge in [0, 0.05) is 32.7 Å². The van der Waals surface area contributed by atoms with E-state index in [-0.39, 0.29) is 0 Å². The maximum atomic E-state index is 6.05. The van der Waals surface area contributed by atoms with Crippen LogP contribution in [0.1, 0.15) is 17.7 Å². The van der Waals surface area contributed by atoms with Gasteiger partial charge in [-0.15, -0.1) is 11.6 Å². The summed E-state index contributed by atoms with van der Waals surface area (Å²) in [6, 6.07) is 0. The van der Waals surface area contributed by atoms with Crippen molar-refractivity contribution in [3.05, 3.63) is 10.0 Å². The second kappa shape index (κ2) is 5.53. The van der Waals surface area contributed by atoms with E-state index in [1.807, 2.05) is 0 Å². The van der Waals surface area contributed by atoms with Crippen molar-refractivity contribution in [2.45, 2.75) is 18.7 Å². The lowest BCUT2D eigenvalue weighted by Crippen LogP contribution is -2.47. The zero-order chi connectivity index (χ0) is 12.5. The second-order valence-corrected chi connectivity index (χ2v) is 6.76. The number of alkyl halides is 1. The van der Waals surface area contributed by atoms with E-state index in [0.717, 1.165) is 42.1 Å². The van der Waals surface area contributed by atoms with Gasteiger partial charge < -0.3 is 4.90 Å². The van der Waals surface area contributed by atoms with Gasteiger partial charge in [0.25, 0.3) is 0 Å². The van der Waals surface area contributed by atoms with Crippen LogP contribution in [0, 0.1) is 5.92 Å². The van der Waals surface area contributed by atoms with E-state index in [0.29, 0.717) is 11.0 Å². The van der Waals surface area contributed by atoms with E-state index < -0.39 is 0 Å². The normalized spacial score (nSPS) is 21.6. The molecule has 0 unspecified atom stereocenters. The average molecular weight is 306 g/mol. The average Bonchev–Trinajstić information content (AvgIpc) is 3.11. The first-order valence-electron chi connectivity index (χ1n) is 6.44. The molecule has 3 nitrogen and oxygen atoms in total. The van der Waals surface area contributed by atoms with Crippen molar-refractivity contribution in [1.82, 2.24) is 9.88 Å². The van der Waals surface area contributed by atoms with Gasteiger partial charge in [-0.3, -0.25) is 4.90 Å². The highest BCUT2D eigenvalue weighted by Crippen LogP contribution is 2.32. The Balaban J connectivity index is 1.57. The number of hydrogen-bond donors (Lipinski definition) is 0. The number of halogens is 2. The molecule has 1 aliphatic carbocycles. The summed E-state index contributed by atoms with van der Waals surface area (Å²) in [5, 5.41) is 1.60. The van der Waals surface area contributed by atoms with Gasteiger partial charge in [0.1, 0.15) is 5.15 Å². The van der Waals surface area contributed by atoms with E-state index in [2.05, 4.69) is 14.8 Å². The highest BCUT2D eigenvalue weighted by atomic mass is 35.5. The lowest BCUT2D eigenvalue weighted by molar-refractivity contribution is 0.248. The molecule has 6 heteroatoms. The third-order valence-corrected chi connectivity index (χ3v) is 5.58. The molecule has 1 aromatic heterocycles. The summed E-state index contributed by atoms with van der Waals surface area (Å²) in [6.45, 7) is 5.68. The summed E-state index contributed by atoms with van der Waals surface area (Å²) in [6.07, 6.45) is 2.86. The van der Waals surface area contributed by atoms with Crippen molar-refractivity contribution in [2.24, 2.45) is 5.92 Å². The zero-order valence-corrected chi connectivity index (χ0v) is 12.6. The van der Waals surface area contributed by atoms with Gasteiger partial charge in [0.2, 0.25) is 0 Å². The van der Waals surface area contributed by atoms with Crippen LogP contribution >= 0.6 is 34.5 Å². The van der Waals surface area contributed by atoms with Crippen LogP contribution in [0.5, 0.6) is 0 Å². The van der Waals surface area contributed by atoms with Crippen LogP contribution in [0.25, 0.3) is 0 Å². The van der Waals surface area contributed by atoms with Crippen molar-refractivity contribution < 1.29 is 0 Å². The molecule has 2 heterocycles. The quantitative estimate of drug-likeness (QED) is 0.797. The van der Waals surface area contributed by atoms with Gasteiger partial charge in [0.05, 0.1) is 10.8 Å². The summed E-state index contributed by atoms with van der Waals surface area (Å²) in [5.74, 6) is 1.44. The van der Waals surface area contributed by atoms with E-state index in [1.165, 1.54) is 19.4 Å². The minimum Gasteiger partial charge on any atom is -0.345 e. The molecule has 1 saturated carbocycles. The monoisotopic (exact) mass is 305 g/mol. The highest BCUT2D eigenvalue weighted by Gasteiger charge is 2.27. The van der Waals surface area contributed by atoms with Crippen molar-refractivity contribution in [3.8, 4) is 0 Å². The predicted octanol–water partition coefficient (Wildman–Crippen LogP) is 3.07. The van der Waals surface area contributed by atoms with Crippen molar-refractivity contribution in [3.63, 3.8) is 0 Å². The van der Waals surface area contributed by atoms with E-state index in [4.69, 9.17) is 23.2 Å². The number of aromatic nitrogens is 1. The fourth-order valence-electron chi connectivity index (χ4n) is 2.33. The molecule has 0 N–H and O–H groups in total. The Morgan fingerprint density at radius 3 is 2.50 bits per heavy atom. The second-order valence-electron chi connectivity index (χ2n) is 5.08. The standard InChI is InChI=1S/C12H17Cl2N3S/c13-7-10-11(14)15-12(18-10)17-5-3-16(4-6-17)8-9-1-2-9/h9H,1-8H2. The summed E-state index contributed by atoms with van der Waals surface area (Å²) in [5.41, 5.74) is 0. The van der Waals surface area contributed by atoms with E-state index >= 15 is 0 Å².